The number of methoxy groups -OCH3 is 1. The van der Waals surface area contributed by atoms with E-state index in [0.717, 1.165) is 37.9 Å². The monoisotopic (exact) mass is 494 g/mol. The fraction of sp³-hybridized carbons (Fsp3) is 0.409. The van der Waals surface area contributed by atoms with Crippen molar-refractivity contribution < 1.29 is 4.74 Å². The molecule has 0 radical (unpaired) electrons. The van der Waals surface area contributed by atoms with Gasteiger partial charge in [0.05, 0.1) is 13.2 Å². The van der Waals surface area contributed by atoms with Crippen LogP contribution in [0.5, 0.6) is 5.75 Å². The summed E-state index contributed by atoms with van der Waals surface area (Å²) in [6.45, 7) is 3.79. The molecule has 1 unspecified atom stereocenters. The van der Waals surface area contributed by atoms with Gasteiger partial charge in [0.2, 0.25) is 0 Å². The first kappa shape index (κ1) is 22.5. The number of rotatable bonds is 7. The SMILES string of the molecule is CN=C(NCc1ccccc1)NCC(c1ccccc1OC)N1CCCC1.I. The summed E-state index contributed by atoms with van der Waals surface area (Å²) in [5.41, 5.74) is 2.47. The Kier molecular flexibility index (Phi) is 9.57. The third-order valence-corrected chi connectivity index (χ3v) is 5.07. The van der Waals surface area contributed by atoms with E-state index >= 15 is 0 Å². The number of ether oxygens (including phenoxy) is 1. The van der Waals surface area contributed by atoms with Crippen molar-refractivity contribution in [2.24, 2.45) is 4.99 Å². The summed E-state index contributed by atoms with van der Waals surface area (Å²) in [5.74, 6) is 1.77. The van der Waals surface area contributed by atoms with Crippen LogP contribution in [0.4, 0.5) is 0 Å². The highest BCUT2D eigenvalue weighted by atomic mass is 127. The van der Waals surface area contributed by atoms with Gasteiger partial charge in [-0.1, -0.05) is 48.5 Å². The van der Waals surface area contributed by atoms with Gasteiger partial charge in [-0.2, -0.15) is 0 Å². The summed E-state index contributed by atoms with van der Waals surface area (Å²) in [5, 5.41) is 6.91. The molecule has 0 aromatic heterocycles. The number of nitrogens with one attached hydrogen (secondary N) is 2. The zero-order valence-electron chi connectivity index (χ0n) is 16.7. The number of hydrogen-bond acceptors (Lipinski definition) is 3. The Morgan fingerprint density at radius 3 is 2.39 bits per heavy atom. The molecule has 2 aromatic rings. The van der Waals surface area contributed by atoms with Gasteiger partial charge in [0.25, 0.3) is 0 Å². The quantitative estimate of drug-likeness (QED) is 0.349. The Morgan fingerprint density at radius 2 is 1.71 bits per heavy atom. The average Bonchev–Trinajstić information content (AvgIpc) is 3.26. The van der Waals surface area contributed by atoms with Crippen LogP contribution < -0.4 is 15.4 Å². The highest BCUT2D eigenvalue weighted by Gasteiger charge is 2.25. The van der Waals surface area contributed by atoms with E-state index in [9.17, 15) is 0 Å². The van der Waals surface area contributed by atoms with Gasteiger partial charge < -0.3 is 15.4 Å². The molecule has 1 aliphatic rings. The minimum absolute atomic E-state index is 0. The minimum atomic E-state index is 0. The molecule has 2 aromatic carbocycles. The number of nitrogens with zero attached hydrogens (tertiary/aromatic N) is 2. The highest BCUT2D eigenvalue weighted by Crippen LogP contribution is 2.31. The van der Waals surface area contributed by atoms with Crippen LogP contribution >= 0.6 is 24.0 Å². The van der Waals surface area contributed by atoms with Gasteiger partial charge in [-0.25, -0.2) is 0 Å². The second kappa shape index (κ2) is 11.9. The van der Waals surface area contributed by atoms with Crippen molar-refractivity contribution in [2.75, 3.05) is 33.8 Å². The van der Waals surface area contributed by atoms with Gasteiger partial charge in [-0.05, 0) is 37.6 Å². The topological polar surface area (TPSA) is 48.9 Å². The fourth-order valence-electron chi connectivity index (χ4n) is 3.63. The third-order valence-electron chi connectivity index (χ3n) is 5.07. The molecule has 0 aliphatic carbocycles. The average molecular weight is 494 g/mol. The molecule has 2 N–H and O–H groups in total. The van der Waals surface area contributed by atoms with E-state index < -0.39 is 0 Å². The maximum atomic E-state index is 5.62. The molecule has 0 amide bonds. The molecule has 1 atom stereocenters. The molecule has 28 heavy (non-hydrogen) atoms. The van der Waals surface area contributed by atoms with E-state index in [4.69, 9.17) is 4.74 Å². The maximum Gasteiger partial charge on any atom is 0.191 e. The number of guanidine groups is 1. The van der Waals surface area contributed by atoms with Gasteiger partial charge >= 0.3 is 0 Å². The summed E-state index contributed by atoms with van der Waals surface area (Å²) in [6.07, 6.45) is 2.51. The molecule has 5 nitrogen and oxygen atoms in total. The van der Waals surface area contributed by atoms with E-state index in [0.29, 0.717) is 0 Å². The predicted octanol–water partition coefficient (Wildman–Crippen LogP) is 3.82. The number of hydrogen-bond donors (Lipinski definition) is 2. The first-order chi connectivity index (χ1) is 13.3. The smallest absolute Gasteiger partial charge is 0.191 e. The van der Waals surface area contributed by atoms with Crippen LogP contribution in [-0.2, 0) is 6.54 Å². The maximum absolute atomic E-state index is 5.62. The van der Waals surface area contributed by atoms with Crippen LogP contribution in [0.3, 0.4) is 0 Å². The Labute approximate surface area is 185 Å². The summed E-state index contributed by atoms with van der Waals surface area (Å²) in [4.78, 5) is 6.92. The number of halogens is 1. The zero-order valence-corrected chi connectivity index (χ0v) is 19.1. The van der Waals surface area contributed by atoms with Crippen LogP contribution in [-0.4, -0.2) is 44.7 Å². The van der Waals surface area contributed by atoms with Crippen LogP contribution in [0.25, 0.3) is 0 Å². The number of benzene rings is 2. The predicted molar refractivity (Wildman–Crippen MR) is 127 cm³/mol. The third kappa shape index (κ3) is 6.10. The molecule has 1 fully saturated rings. The number of para-hydroxylation sites is 1. The van der Waals surface area contributed by atoms with Crippen LogP contribution in [0.1, 0.15) is 30.0 Å². The van der Waals surface area contributed by atoms with Crippen molar-refractivity contribution in [3.05, 3.63) is 65.7 Å². The standard InChI is InChI=1S/C22H30N4O.HI/c1-23-22(24-16-18-10-4-3-5-11-18)25-17-20(26-14-8-9-15-26)19-12-6-7-13-21(19)27-2;/h3-7,10-13,20H,8-9,14-17H2,1-2H3,(H2,23,24,25);1H. The number of likely N-dealkylation sites (tertiary alicyclic amines) is 1. The molecular formula is C22H31IN4O. The summed E-state index contributed by atoms with van der Waals surface area (Å²) in [6, 6.07) is 19.0. The van der Waals surface area contributed by atoms with Crippen molar-refractivity contribution in [1.29, 1.82) is 0 Å². The Bertz CT molecular complexity index is 732. The fourth-order valence-corrected chi connectivity index (χ4v) is 3.63. The van der Waals surface area contributed by atoms with Gasteiger partial charge in [-0.15, -0.1) is 24.0 Å². The largest absolute Gasteiger partial charge is 0.496 e. The Balaban J connectivity index is 0.00000280. The number of aliphatic imine (C=N–C) groups is 1. The van der Waals surface area contributed by atoms with Crippen molar-refractivity contribution >= 4 is 29.9 Å². The molecule has 0 bridgehead atoms. The van der Waals surface area contributed by atoms with E-state index in [1.807, 2.05) is 25.2 Å². The van der Waals surface area contributed by atoms with Gasteiger partial charge in [0.15, 0.2) is 5.96 Å². The van der Waals surface area contributed by atoms with Crippen LogP contribution in [0.2, 0.25) is 0 Å². The lowest BCUT2D eigenvalue weighted by molar-refractivity contribution is 0.239. The first-order valence-electron chi connectivity index (χ1n) is 9.67. The van der Waals surface area contributed by atoms with E-state index in [1.54, 1.807) is 7.11 Å². The molecule has 1 aliphatic heterocycles. The van der Waals surface area contributed by atoms with Crippen molar-refractivity contribution in [3.8, 4) is 5.75 Å². The van der Waals surface area contributed by atoms with Crippen molar-refractivity contribution in [3.63, 3.8) is 0 Å². The molecule has 6 heteroatoms. The first-order valence-corrected chi connectivity index (χ1v) is 9.67. The molecule has 1 saturated heterocycles. The van der Waals surface area contributed by atoms with Gasteiger partial charge in [-0.3, -0.25) is 9.89 Å². The van der Waals surface area contributed by atoms with Gasteiger partial charge in [0, 0.05) is 25.7 Å². The zero-order chi connectivity index (χ0) is 18.9. The normalized spacial score (nSPS) is 15.6. The Morgan fingerprint density at radius 1 is 1.04 bits per heavy atom. The molecule has 0 spiro atoms. The van der Waals surface area contributed by atoms with E-state index in [-0.39, 0.29) is 30.0 Å². The molecule has 1 heterocycles. The Hall–Kier alpha value is -1.80. The molecular weight excluding hydrogens is 463 g/mol. The van der Waals surface area contributed by atoms with E-state index in [2.05, 4.69) is 56.9 Å². The molecule has 0 saturated carbocycles. The second-order valence-electron chi connectivity index (χ2n) is 6.79. The van der Waals surface area contributed by atoms with Crippen molar-refractivity contribution in [1.82, 2.24) is 15.5 Å². The lowest BCUT2D eigenvalue weighted by Gasteiger charge is -2.30. The molecule has 152 valence electrons. The minimum Gasteiger partial charge on any atom is -0.496 e. The lowest BCUT2D eigenvalue weighted by atomic mass is 10.0. The lowest BCUT2D eigenvalue weighted by Crippen LogP contribution is -2.42. The summed E-state index contributed by atoms with van der Waals surface area (Å²) < 4.78 is 5.62. The van der Waals surface area contributed by atoms with Crippen LogP contribution in [0.15, 0.2) is 59.6 Å². The van der Waals surface area contributed by atoms with Gasteiger partial charge in [0.1, 0.15) is 5.75 Å². The summed E-state index contributed by atoms with van der Waals surface area (Å²) >= 11 is 0. The van der Waals surface area contributed by atoms with Crippen molar-refractivity contribution in [2.45, 2.75) is 25.4 Å². The molecule has 3 rings (SSSR count). The second-order valence-corrected chi connectivity index (χ2v) is 6.79. The highest BCUT2D eigenvalue weighted by molar-refractivity contribution is 14.0. The van der Waals surface area contributed by atoms with E-state index in [1.165, 1.54) is 24.0 Å². The van der Waals surface area contributed by atoms with Crippen LogP contribution in [0, 0.1) is 0 Å². The summed E-state index contributed by atoms with van der Waals surface area (Å²) in [7, 11) is 3.56.